The molecule has 0 radical (unpaired) electrons. The molecule has 1 aromatic rings. The molecule has 1 unspecified atom stereocenters. The molecule has 1 aromatic carbocycles. The summed E-state index contributed by atoms with van der Waals surface area (Å²) < 4.78 is 10.4. The number of nitrogens with one attached hydrogen (secondary N) is 1. The number of aliphatic imine (C=N–C) groups is 1. The molecule has 8 nitrogen and oxygen atoms in total. The van der Waals surface area contributed by atoms with Gasteiger partial charge in [0, 0.05) is 33.7 Å². The van der Waals surface area contributed by atoms with E-state index in [4.69, 9.17) is 9.47 Å². The fourth-order valence-corrected chi connectivity index (χ4v) is 3.28. The molecule has 2 rings (SSSR count). The van der Waals surface area contributed by atoms with Crippen LogP contribution in [0.15, 0.2) is 29.3 Å². The van der Waals surface area contributed by atoms with Gasteiger partial charge in [0.25, 0.3) is 0 Å². The third-order valence-corrected chi connectivity index (χ3v) is 5.06. The zero-order valence-corrected chi connectivity index (χ0v) is 21.3. The second-order valence-corrected chi connectivity index (χ2v) is 7.49. The quantitative estimate of drug-likeness (QED) is 0.233. The highest BCUT2D eigenvalue weighted by atomic mass is 127. The third kappa shape index (κ3) is 8.92. The summed E-state index contributed by atoms with van der Waals surface area (Å²) in [4.78, 5) is 32.3. The van der Waals surface area contributed by atoms with Gasteiger partial charge in [0.15, 0.2) is 5.96 Å². The van der Waals surface area contributed by atoms with E-state index in [9.17, 15) is 9.59 Å². The van der Waals surface area contributed by atoms with Gasteiger partial charge in [-0.15, -0.1) is 24.0 Å². The summed E-state index contributed by atoms with van der Waals surface area (Å²) in [5.74, 6) is 1.09. The van der Waals surface area contributed by atoms with Crippen LogP contribution < -0.4 is 10.1 Å². The van der Waals surface area contributed by atoms with Gasteiger partial charge < -0.3 is 24.6 Å². The Kier molecular flexibility index (Phi) is 12.3. The van der Waals surface area contributed by atoms with Crippen LogP contribution in [0.2, 0.25) is 0 Å². The standard InChI is InChI=1S/C22H34N4O4.HI/c1-5-30-21(28)18-7-6-14-26(16-18)22(24-15-20(27)25(2)3)23-13-12-17-8-10-19(29-4)11-9-17;/h8-11,18H,5-7,12-16H2,1-4H3,(H,23,24);1H. The highest BCUT2D eigenvalue weighted by Crippen LogP contribution is 2.18. The van der Waals surface area contributed by atoms with Gasteiger partial charge in [-0.2, -0.15) is 0 Å². The lowest BCUT2D eigenvalue weighted by molar-refractivity contribution is -0.149. The van der Waals surface area contributed by atoms with Crippen LogP contribution in [0.3, 0.4) is 0 Å². The Morgan fingerprint density at radius 1 is 1.26 bits per heavy atom. The molecular weight excluding hydrogens is 511 g/mol. The molecule has 0 bridgehead atoms. The minimum absolute atomic E-state index is 0. The van der Waals surface area contributed by atoms with Crippen molar-refractivity contribution < 1.29 is 19.1 Å². The molecule has 174 valence electrons. The minimum Gasteiger partial charge on any atom is -0.497 e. The van der Waals surface area contributed by atoms with Crippen LogP contribution >= 0.6 is 24.0 Å². The maximum Gasteiger partial charge on any atom is 0.310 e. The number of nitrogens with zero attached hydrogens (tertiary/aromatic N) is 3. The second-order valence-electron chi connectivity index (χ2n) is 7.49. The number of amides is 1. The first-order chi connectivity index (χ1) is 14.4. The van der Waals surface area contributed by atoms with E-state index >= 15 is 0 Å². The molecule has 9 heteroatoms. The molecule has 31 heavy (non-hydrogen) atoms. The maximum atomic E-state index is 12.2. The lowest BCUT2D eigenvalue weighted by Gasteiger charge is -2.34. The Morgan fingerprint density at radius 3 is 2.58 bits per heavy atom. The van der Waals surface area contributed by atoms with Gasteiger partial charge >= 0.3 is 5.97 Å². The van der Waals surface area contributed by atoms with Gasteiger partial charge in [-0.05, 0) is 43.9 Å². The summed E-state index contributed by atoms with van der Waals surface area (Å²) in [6.07, 6.45) is 2.50. The van der Waals surface area contributed by atoms with Crippen LogP contribution in [0, 0.1) is 5.92 Å². The van der Waals surface area contributed by atoms with Gasteiger partial charge in [-0.3, -0.25) is 9.59 Å². The topological polar surface area (TPSA) is 83.5 Å². The van der Waals surface area contributed by atoms with Gasteiger partial charge in [0.05, 0.1) is 19.6 Å². The maximum absolute atomic E-state index is 12.2. The Labute approximate surface area is 202 Å². The summed E-state index contributed by atoms with van der Waals surface area (Å²) in [6, 6.07) is 7.94. The number of guanidine groups is 1. The average Bonchev–Trinajstić information content (AvgIpc) is 2.76. The Bertz CT molecular complexity index is 725. The molecule has 1 aliphatic heterocycles. The summed E-state index contributed by atoms with van der Waals surface area (Å²) in [7, 11) is 5.08. The largest absolute Gasteiger partial charge is 0.497 e. The number of carbonyl (C=O) groups excluding carboxylic acids is 2. The first kappa shape index (κ1) is 27.0. The Balaban J connectivity index is 0.00000480. The van der Waals surface area contributed by atoms with E-state index in [0.717, 1.165) is 31.6 Å². The van der Waals surface area contributed by atoms with Crippen molar-refractivity contribution in [1.29, 1.82) is 0 Å². The Morgan fingerprint density at radius 2 is 1.97 bits per heavy atom. The number of esters is 1. The first-order valence-electron chi connectivity index (χ1n) is 10.5. The van der Waals surface area contributed by atoms with E-state index in [-0.39, 0.29) is 48.3 Å². The molecule has 0 saturated carbocycles. The number of likely N-dealkylation sites (tertiary alicyclic amines) is 1. The highest BCUT2D eigenvalue weighted by molar-refractivity contribution is 14.0. The van der Waals surface area contributed by atoms with Crippen LogP contribution in [0.4, 0.5) is 0 Å². The molecule has 1 saturated heterocycles. The van der Waals surface area contributed by atoms with Gasteiger partial charge in [0.2, 0.25) is 5.91 Å². The van der Waals surface area contributed by atoms with Crippen LogP contribution in [0.1, 0.15) is 25.3 Å². The zero-order valence-electron chi connectivity index (χ0n) is 18.9. The van der Waals surface area contributed by atoms with Crippen LogP contribution in [-0.2, 0) is 20.7 Å². The van der Waals surface area contributed by atoms with Gasteiger partial charge in [0.1, 0.15) is 12.3 Å². The van der Waals surface area contributed by atoms with Crippen LogP contribution in [-0.4, -0.2) is 81.6 Å². The van der Waals surface area contributed by atoms with Crippen molar-refractivity contribution in [3.8, 4) is 5.75 Å². The summed E-state index contributed by atoms with van der Waals surface area (Å²) in [6.45, 7) is 4.27. The monoisotopic (exact) mass is 546 g/mol. The van der Waals surface area contributed by atoms with Crippen molar-refractivity contribution in [2.45, 2.75) is 26.2 Å². The van der Waals surface area contributed by atoms with Gasteiger partial charge in [-0.1, -0.05) is 12.1 Å². The summed E-state index contributed by atoms with van der Waals surface area (Å²) in [5, 5.41) is 3.37. The molecule has 1 aliphatic rings. The van der Waals surface area contributed by atoms with E-state index in [2.05, 4.69) is 15.2 Å². The van der Waals surface area contributed by atoms with Crippen molar-refractivity contribution in [1.82, 2.24) is 15.1 Å². The summed E-state index contributed by atoms with van der Waals surface area (Å²) in [5.41, 5.74) is 1.18. The predicted octanol–water partition coefficient (Wildman–Crippen LogP) is 2.16. The van der Waals surface area contributed by atoms with Crippen molar-refractivity contribution >= 4 is 41.8 Å². The van der Waals surface area contributed by atoms with Crippen molar-refractivity contribution in [2.75, 3.05) is 54.0 Å². The molecule has 0 spiro atoms. The van der Waals surface area contributed by atoms with Crippen molar-refractivity contribution in [3.05, 3.63) is 29.8 Å². The molecule has 1 heterocycles. The number of hydrogen-bond acceptors (Lipinski definition) is 5. The minimum atomic E-state index is -0.170. The van der Waals surface area contributed by atoms with Crippen molar-refractivity contribution in [3.63, 3.8) is 0 Å². The average molecular weight is 546 g/mol. The lowest BCUT2D eigenvalue weighted by atomic mass is 9.98. The van der Waals surface area contributed by atoms with E-state index in [1.54, 1.807) is 21.2 Å². The number of benzene rings is 1. The van der Waals surface area contributed by atoms with E-state index in [1.165, 1.54) is 10.5 Å². The molecule has 0 aliphatic carbocycles. The normalized spacial score (nSPS) is 16.2. The first-order valence-corrected chi connectivity index (χ1v) is 10.5. The predicted molar refractivity (Wildman–Crippen MR) is 132 cm³/mol. The number of hydrogen-bond donors (Lipinski definition) is 1. The third-order valence-electron chi connectivity index (χ3n) is 5.06. The van der Waals surface area contributed by atoms with Crippen molar-refractivity contribution in [2.24, 2.45) is 10.9 Å². The molecule has 0 aromatic heterocycles. The molecule has 1 amide bonds. The van der Waals surface area contributed by atoms with Crippen LogP contribution in [0.5, 0.6) is 5.75 Å². The number of rotatable bonds is 8. The number of halogens is 1. The van der Waals surface area contributed by atoms with E-state index in [0.29, 0.717) is 25.7 Å². The van der Waals surface area contributed by atoms with Crippen LogP contribution in [0.25, 0.3) is 0 Å². The smallest absolute Gasteiger partial charge is 0.310 e. The molecule has 1 N–H and O–H groups in total. The van der Waals surface area contributed by atoms with E-state index < -0.39 is 0 Å². The van der Waals surface area contributed by atoms with E-state index in [1.807, 2.05) is 31.2 Å². The fourth-order valence-electron chi connectivity index (χ4n) is 3.28. The number of piperidine rings is 1. The number of carbonyl (C=O) groups is 2. The molecule has 1 fully saturated rings. The fraction of sp³-hybridized carbons (Fsp3) is 0.591. The molecular formula is C22H35IN4O4. The molecule has 1 atom stereocenters. The number of methoxy groups -OCH3 is 1. The highest BCUT2D eigenvalue weighted by Gasteiger charge is 2.28. The second kappa shape index (κ2) is 14.1. The van der Waals surface area contributed by atoms with Gasteiger partial charge in [-0.25, -0.2) is 4.99 Å². The zero-order chi connectivity index (χ0) is 21.9. The number of likely N-dealkylation sites (N-methyl/N-ethyl adjacent to an activating group) is 1. The number of ether oxygens (including phenoxy) is 2. The lowest BCUT2D eigenvalue weighted by Crippen LogP contribution is -2.49. The Hall–Kier alpha value is -2.04. The summed E-state index contributed by atoms with van der Waals surface area (Å²) >= 11 is 0. The SMILES string of the molecule is CCOC(=O)C1CCCN(C(=NCC(=O)N(C)C)NCCc2ccc(OC)cc2)C1.I.